The minimum absolute atomic E-state index is 0.0546. The van der Waals surface area contributed by atoms with Crippen LogP contribution in [0.15, 0.2) is 0 Å². The zero-order chi connectivity index (χ0) is 15.4. The van der Waals surface area contributed by atoms with Crippen molar-refractivity contribution in [3.8, 4) is 0 Å². The predicted octanol–water partition coefficient (Wildman–Crippen LogP) is 1.96. The third-order valence-corrected chi connectivity index (χ3v) is 3.81. The second-order valence-corrected chi connectivity index (χ2v) is 5.77. The van der Waals surface area contributed by atoms with Gasteiger partial charge >= 0.3 is 0 Å². The van der Waals surface area contributed by atoms with Gasteiger partial charge in [-0.05, 0) is 33.1 Å². The maximum atomic E-state index is 11.7. The first-order valence-corrected chi connectivity index (χ1v) is 7.68. The normalized spacial score (nSPS) is 15.6. The molecule has 4 N–H and O–H groups in total. The van der Waals surface area contributed by atoms with E-state index < -0.39 is 0 Å². The number of nitrogens with two attached hydrogens (primary N) is 1. The molecule has 0 bridgehead atoms. The van der Waals surface area contributed by atoms with Crippen LogP contribution in [-0.4, -0.2) is 28.5 Å². The molecule has 0 saturated heterocycles. The minimum Gasteiger partial charge on any atom is -0.383 e. The lowest BCUT2D eigenvalue weighted by atomic mass is 10.2. The van der Waals surface area contributed by atoms with Crippen molar-refractivity contribution in [3.05, 3.63) is 11.4 Å². The van der Waals surface area contributed by atoms with Gasteiger partial charge in [0.05, 0.1) is 0 Å². The fraction of sp³-hybridized carbons (Fsp3) is 0.667. The second-order valence-electron chi connectivity index (χ2n) is 5.77. The van der Waals surface area contributed by atoms with Crippen molar-refractivity contribution in [2.45, 2.75) is 58.4 Å². The Morgan fingerprint density at radius 2 is 2.14 bits per heavy atom. The minimum atomic E-state index is 0.0546. The Kier molecular flexibility index (Phi) is 4.98. The molecule has 1 aromatic rings. The summed E-state index contributed by atoms with van der Waals surface area (Å²) in [7, 11) is 0. The quantitative estimate of drug-likeness (QED) is 0.714. The molecule has 1 amide bonds. The maximum Gasteiger partial charge on any atom is 0.221 e. The Bertz CT molecular complexity index is 513. The van der Waals surface area contributed by atoms with E-state index in [9.17, 15) is 4.79 Å². The summed E-state index contributed by atoms with van der Waals surface area (Å²) in [6, 6.07) is 0.218. The molecule has 1 aliphatic rings. The molecular formula is C15H25N5O. The first-order valence-electron chi connectivity index (χ1n) is 7.68. The third-order valence-electron chi connectivity index (χ3n) is 3.81. The van der Waals surface area contributed by atoms with Gasteiger partial charge < -0.3 is 16.4 Å². The molecule has 6 nitrogen and oxygen atoms in total. The number of nitrogen functional groups attached to an aromatic ring is 1. The lowest BCUT2D eigenvalue weighted by Crippen LogP contribution is -2.33. The Balaban J connectivity index is 1.89. The molecule has 6 heteroatoms. The van der Waals surface area contributed by atoms with Crippen LogP contribution in [0.3, 0.4) is 0 Å². The summed E-state index contributed by atoms with van der Waals surface area (Å²) >= 11 is 0. The summed E-state index contributed by atoms with van der Waals surface area (Å²) in [6.45, 7) is 6.50. The van der Waals surface area contributed by atoms with E-state index in [2.05, 4.69) is 27.5 Å². The van der Waals surface area contributed by atoms with Crippen molar-refractivity contribution in [2.75, 3.05) is 17.6 Å². The monoisotopic (exact) mass is 291 g/mol. The van der Waals surface area contributed by atoms with Gasteiger partial charge in [0.1, 0.15) is 17.5 Å². The van der Waals surface area contributed by atoms with Gasteiger partial charge in [0.15, 0.2) is 0 Å². The number of rotatable bonds is 7. The molecule has 1 fully saturated rings. The summed E-state index contributed by atoms with van der Waals surface area (Å²) in [5, 5.41) is 6.15. The number of hydrogen-bond donors (Lipinski definition) is 3. The SMILES string of the molecule is CCC(C)NC(=O)CCNc1nc(C2CC2)nc(N)c1C. The van der Waals surface area contributed by atoms with Crippen molar-refractivity contribution >= 4 is 17.5 Å². The molecule has 116 valence electrons. The number of amides is 1. The molecule has 1 atom stereocenters. The number of carbonyl (C=O) groups is 1. The van der Waals surface area contributed by atoms with Crippen LogP contribution in [0.1, 0.15) is 56.8 Å². The summed E-state index contributed by atoms with van der Waals surface area (Å²) in [5.74, 6) is 2.62. The van der Waals surface area contributed by atoms with Gasteiger partial charge in [-0.15, -0.1) is 0 Å². The molecule has 1 aromatic heterocycles. The molecule has 0 aromatic carbocycles. The lowest BCUT2D eigenvalue weighted by Gasteiger charge is -2.13. The molecule has 1 unspecified atom stereocenters. The molecule has 0 spiro atoms. The van der Waals surface area contributed by atoms with Crippen LogP contribution in [0.2, 0.25) is 0 Å². The fourth-order valence-electron chi connectivity index (χ4n) is 1.99. The second kappa shape index (κ2) is 6.74. The van der Waals surface area contributed by atoms with Gasteiger partial charge in [0, 0.05) is 30.5 Å². The summed E-state index contributed by atoms with van der Waals surface area (Å²) < 4.78 is 0. The molecule has 2 rings (SSSR count). The van der Waals surface area contributed by atoms with Crippen molar-refractivity contribution in [1.29, 1.82) is 0 Å². The standard InChI is InChI=1S/C15H25N5O/c1-4-9(2)18-12(21)7-8-17-14-10(3)13(16)19-15(20-14)11-5-6-11/h9,11H,4-8H2,1-3H3,(H,18,21)(H3,16,17,19,20). The highest BCUT2D eigenvalue weighted by Gasteiger charge is 2.27. The number of carbonyl (C=O) groups excluding carboxylic acids is 1. The highest BCUT2D eigenvalue weighted by Crippen LogP contribution is 2.39. The van der Waals surface area contributed by atoms with Crippen molar-refractivity contribution < 1.29 is 4.79 Å². The molecule has 0 radical (unpaired) electrons. The summed E-state index contributed by atoms with van der Waals surface area (Å²) in [4.78, 5) is 20.6. The number of anilines is 2. The van der Waals surface area contributed by atoms with Gasteiger partial charge in [-0.1, -0.05) is 6.92 Å². The Hall–Kier alpha value is -1.85. The zero-order valence-corrected chi connectivity index (χ0v) is 13.1. The zero-order valence-electron chi connectivity index (χ0n) is 13.1. The van der Waals surface area contributed by atoms with Crippen molar-refractivity contribution in [1.82, 2.24) is 15.3 Å². The molecule has 0 aliphatic heterocycles. The predicted molar refractivity (Wildman–Crippen MR) is 84.2 cm³/mol. The lowest BCUT2D eigenvalue weighted by molar-refractivity contribution is -0.121. The fourth-order valence-corrected chi connectivity index (χ4v) is 1.99. The molecule has 21 heavy (non-hydrogen) atoms. The van der Waals surface area contributed by atoms with Crippen LogP contribution in [0.4, 0.5) is 11.6 Å². The van der Waals surface area contributed by atoms with E-state index in [1.165, 1.54) is 0 Å². The topological polar surface area (TPSA) is 92.9 Å². The molecule has 1 saturated carbocycles. The third kappa shape index (κ3) is 4.31. The first-order chi connectivity index (χ1) is 10.0. The Morgan fingerprint density at radius 1 is 1.43 bits per heavy atom. The Morgan fingerprint density at radius 3 is 2.76 bits per heavy atom. The van der Waals surface area contributed by atoms with Crippen LogP contribution in [0, 0.1) is 6.92 Å². The van der Waals surface area contributed by atoms with Crippen molar-refractivity contribution in [2.24, 2.45) is 0 Å². The number of nitrogens with one attached hydrogen (secondary N) is 2. The molecule has 1 aliphatic carbocycles. The van der Waals surface area contributed by atoms with Gasteiger partial charge in [0.25, 0.3) is 0 Å². The highest BCUT2D eigenvalue weighted by molar-refractivity contribution is 5.76. The Labute approximate surface area is 125 Å². The van der Waals surface area contributed by atoms with Gasteiger partial charge in [0.2, 0.25) is 5.91 Å². The van der Waals surface area contributed by atoms with Gasteiger partial charge in [-0.2, -0.15) is 0 Å². The van der Waals surface area contributed by atoms with Crippen molar-refractivity contribution in [3.63, 3.8) is 0 Å². The number of aromatic nitrogens is 2. The molecular weight excluding hydrogens is 266 g/mol. The van der Waals surface area contributed by atoms with E-state index in [4.69, 9.17) is 5.73 Å². The van der Waals surface area contributed by atoms with Gasteiger partial charge in [-0.3, -0.25) is 4.79 Å². The van der Waals surface area contributed by atoms with E-state index in [1.54, 1.807) is 0 Å². The van der Waals surface area contributed by atoms with E-state index in [1.807, 2.05) is 13.8 Å². The summed E-state index contributed by atoms with van der Waals surface area (Å²) in [5.41, 5.74) is 6.78. The number of hydrogen-bond acceptors (Lipinski definition) is 5. The smallest absolute Gasteiger partial charge is 0.221 e. The van der Waals surface area contributed by atoms with Gasteiger partial charge in [-0.25, -0.2) is 9.97 Å². The number of nitrogens with zero attached hydrogens (tertiary/aromatic N) is 2. The van der Waals surface area contributed by atoms with Crippen LogP contribution >= 0.6 is 0 Å². The van der Waals surface area contributed by atoms with E-state index in [0.29, 0.717) is 24.7 Å². The van der Waals surface area contributed by atoms with E-state index in [0.717, 1.165) is 36.5 Å². The van der Waals surface area contributed by atoms with Crippen LogP contribution in [-0.2, 0) is 4.79 Å². The summed E-state index contributed by atoms with van der Waals surface area (Å²) in [6.07, 6.45) is 3.64. The highest BCUT2D eigenvalue weighted by atomic mass is 16.1. The largest absolute Gasteiger partial charge is 0.383 e. The van der Waals surface area contributed by atoms with Crippen LogP contribution in [0.25, 0.3) is 0 Å². The average molecular weight is 291 g/mol. The van der Waals surface area contributed by atoms with Crippen LogP contribution in [0.5, 0.6) is 0 Å². The van der Waals surface area contributed by atoms with Crippen LogP contribution < -0.4 is 16.4 Å². The van der Waals surface area contributed by atoms with E-state index in [-0.39, 0.29) is 11.9 Å². The average Bonchev–Trinajstić information content (AvgIpc) is 3.27. The first kappa shape index (κ1) is 15.5. The molecule has 1 heterocycles. The van der Waals surface area contributed by atoms with E-state index >= 15 is 0 Å². The maximum absolute atomic E-state index is 11.7.